The maximum atomic E-state index is 4.31. The van der Waals surface area contributed by atoms with Gasteiger partial charge >= 0.3 is 0 Å². The second-order valence-corrected chi connectivity index (χ2v) is 6.44. The largest absolute Gasteiger partial charge is 0.298 e. The van der Waals surface area contributed by atoms with Crippen molar-refractivity contribution in [1.82, 2.24) is 14.8 Å². The lowest BCUT2D eigenvalue weighted by molar-refractivity contribution is 0.00314. The number of nitrogens with zero attached hydrogens (tertiary/aromatic N) is 3. The molecule has 0 radical (unpaired) electrons. The second kappa shape index (κ2) is 6.23. The highest BCUT2D eigenvalue weighted by Crippen LogP contribution is 2.26. The quantitative estimate of drug-likeness (QED) is 0.844. The van der Waals surface area contributed by atoms with Gasteiger partial charge in [-0.15, -0.1) is 0 Å². The summed E-state index contributed by atoms with van der Waals surface area (Å²) in [6, 6.07) is 3.64. The van der Waals surface area contributed by atoms with Crippen molar-refractivity contribution >= 4 is 0 Å². The zero-order chi connectivity index (χ0) is 13.9. The summed E-state index contributed by atoms with van der Waals surface area (Å²) in [5.74, 6) is 0. The molecule has 0 aromatic carbocycles. The van der Waals surface area contributed by atoms with Crippen LogP contribution in [-0.2, 0) is 6.54 Å². The van der Waals surface area contributed by atoms with Gasteiger partial charge in [-0.3, -0.25) is 14.8 Å². The number of hydrogen-bond acceptors (Lipinski definition) is 3. The lowest BCUT2D eigenvalue weighted by Crippen LogP contribution is -2.59. The van der Waals surface area contributed by atoms with Crippen LogP contribution in [0, 0.1) is 6.92 Å². The SMILES string of the molecule is CCC1CN2CCCCC2CN1Cc1cnccc1C. The molecule has 3 rings (SSSR count). The average Bonchev–Trinajstić information content (AvgIpc) is 2.49. The Hall–Kier alpha value is -0.930. The van der Waals surface area contributed by atoms with E-state index in [4.69, 9.17) is 0 Å². The van der Waals surface area contributed by atoms with Gasteiger partial charge in [0.2, 0.25) is 0 Å². The minimum absolute atomic E-state index is 0.712. The molecule has 2 saturated heterocycles. The van der Waals surface area contributed by atoms with Crippen LogP contribution in [0.1, 0.15) is 43.7 Å². The molecule has 110 valence electrons. The third-order valence-electron chi connectivity index (χ3n) is 5.15. The summed E-state index contributed by atoms with van der Waals surface area (Å²) < 4.78 is 0. The van der Waals surface area contributed by atoms with Crippen molar-refractivity contribution in [3.8, 4) is 0 Å². The van der Waals surface area contributed by atoms with E-state index >= 15 is 0 Å². The van der Waals surface area contributed by atoms with Gasteiger partial charge in [0.05, 0.1) is 0 Å². The Kier molecular flexibility index (Phi) is 4.37. The highest BCUT2D eigenvalue weighted by atomic mass is 15.3. The Bertz CT molecular complexity index is 446. The molecule has 3 nitrogen and oxygen atoms in total. The fraction of sp³-hybridized carbons (Fsp3) is 0.706. The molecule has 0 N–H and O–H groups in total. The minimum atomic E-state index is 0.712. The van der Waals surface area contributed by atoms with Gasteiger partial charge in [-0.2, -0.15) is 0 Å². The number of aromatic nitrogens is 1. The van der Waals surface area contributed by atoms with Crippen LogP contribution in [0.5, 0.6) is 0 Å². The smallest absolute Gasteiger partial charge is 0.0315 e. The standard InChI is InChI=1S/C17H27N3/c1-3-16-12-19-9-5-4-6-17(19)13-20(16)11-15-10-18-8-7-14(15)2/h7-8,10,16-17H,3-6,9,11-13H2,1-2H3. The maximum Gasteiger partial charge on any atom is 0.0315 e. The van der Waals surface area contributed by atoms with Crippen molar-refractivity contribution < 1.29 is 0 Å². The Labute approximate surface area is 123 Å². The van der Waals surface area contributed by atoms with E-state index in [1.165, 1.54) is 56.4 Å². The Morgan fingerprint density at radius 2 is 2.20 bits per heavy atom. The number of pyridine rings is 1. The maximum absolute atomic E-state index is 4.31. The molecular formula is C17H27N3. The Balaban J connectivity index is 1.72. The van der Waals surface area contributed by atoms with Crippen LogP contribution >= 0.6 is 0 Å². The molecular weight excluding hydrogens is 246 g/mol. The zero-order valence-electron chi connectivity index (χ0n) is 12.9. The number of piperidine rings is 1. The van der Waals surface area contributed by atoms with Crippen molar-refractivity contribution in [3.63, 3.8) is 0 Å². The summed E-state index contributed by atoms with van der Waals surface area (Å²) in [6.45, 7) is 9.43. The summed E-state index contributed by atoms with van der Waals surface area (Å²) in [5, 5.41) is 0. The summed E-state index contributed by atoms with van der Waals surface area (Å²) in [4.78, 5) is 9.75. The van der Waals surface area contributed by atoms with E-state index < -0.39 is 0 Å². The van der Waals surface area contributed by atoms with Crippen LogP contribution in [0.25, 0.3) is 0 Å². The average molecular weight is 273 g/mol. The first-order valence-corrected chi connectivity index (χ1v) is 8.15. The first kappa shape index (κ1) is 14.0. The molecule has 3 heteroatoms. The van der Waals surface area contributed by atoms with E-state index in [0.29, 0.717) is 6.04 Å². The van der Waals surface area contributed by atoms with Gasteiger partial charge in [0, 0.05) is 44.1 Å². The van der Waals surface area contributed by atoms with E-state index in [-0.39, 0.29) is 0 Å². The molecule has 1 aromatic rings. The van der Waals surface area contributed by atoms with Crippen LogP contribution in [-0.4, -0.2) is 46.5 Å². The molecule has 2 aliphatic rings. The Morgan fingerprint density at radius 3 is 3.00 bits per heavy atom. The molecule has 2 atom stereocenters. The molecule has 0 saturated carbocycles. The normalized spacial score (nSPS) is 28.3. The van der Waals surface area contributed by atoms with Crippen molar-refractivity contribution in [1.29, 1.82) is 0 Å². The molecule has 0 bridgehead atoms. The topological polar surface area (TPSA) is 19.4 Å². The lowest BCUT2D eigenvalue weighted by Gasteiger charge is -2.48. The van der Waals surface area contributed by atoms with E-state index in [1.54, 1.807) is 0 Å². The fourth-order valence-electron chi connectivity index (χ4n) is 3.78. The van der Waals surface area contributed by atoms with E-state index in [2.05, 4.69) is 40.9 Å². The molecule has 0 amide bonds. The van der Waals surface area contributed by atoms with Crippen LogP contribution in [0.15, 0.2) is 18.5 Å². The molecule has 20 heavy (non-hydrogen) atoms. The van der Waals surface area contributed by atoms with Crippen molar-refractivity contribution in [2.75, 3.05) is 19.6 Å². The predicted octanol–water partition coefficient (Wildman–Crippen LogP) is 2.84. The highest BCUT2D eigenvalue weighted by Gasteiger charge is 2.34. The molecule has 0 aliphatic carbocycles. The first-order chi connectivity index (χ1) is 9.78. The molecule has 3 heterocycles. The van der Waals surface area contributed by atoms with E-state index in [9.17, 15) is 0 Å². The van der Waals surface area contributed by atoms with Crippen LogP contribution in [0.4, 0.5) is 0 Å². The number of fused-ring (bicyclic) bond motifs is 1. The third-order valence-corrected chi connectivity index (χ3v) is 5.15. The van der Waals surface area contributed by atoms with Gasteiger partial charge in [-0.05, 0) is 49.9 Å². The van der Waals surface area contributed by atoms with E-state index in [0.717, 1.165) is 12.6 Å². The molecule has 2 fully saturated rings. The highest BCUT2D eigenvalue weighted by molar-refractivity contribution is 5.21. The number of piperazine rings is 1. The third kappa shape index (κ3) is 2.89. The summed E-state index contributed by atoms with van der Waals surface area (Å²) in [5.41, 5.74) is 2.77. The first-order valence-electron chi connectivity index (χ1n) is 8.15. The van der Waals surface area contributed by atoms with Crippen molar-refractivity contribution in [2.24, 2.45) is 0 Å². The van der Waals surface area contributed by atoms with Gasteiger partial charge in [0.15, 0.2) is 0 Å². The van der Waals surface area contributed by atoms with E-state index in [1.807, 2.05) is 6.20 Å². The Morgan fingerprint density at radius 1 is 1.30 bits per heavy atom. The summed E-state index contributed by atoms with van der Waals surface area (Å²) >= 11 is 0. The summed E-state index contributed by atoms with van der Waals surface area (Å²) in [6.07, 6.45) is 9.40. The number of hydrogen-bond donors (Lipinski definition) is 0. The van der Waals surface area contributed by atoms with Crippen LogP contribution < -0.4 is 0 Å². The molecule has 2 unspecified atom stereocenters. The minimum Gasteiger partial charge on any atom is -0.298 e. The number of aryl methyl sites for hydroxylation is 1. The summed E-state index contributed by atoms with van der Waals surface area (Å²) in [7, 11) is 0. The lowest BCUT2D eigenvalue weighted by atomic mass is 9.95. The second-order valence-electron chi connectivity index (χ2n) is 6.44. The predicted molar refractivity (Wildman–Crippen MR) is 82.7 cm³/mol. The molecule has 0 spiro atoms. The molecule has 1 aromatic heterocycles. The molecule has 2 aliphatic heterocycles. The van der Waals surface area contributed by atoms with Gasteiger partial charge in [-0.25, -0.2) is 0 Å². The van der Waals surface area contributed by atoms with Crippen LogP contribution in [0.2, 0.25) is 0 Å². The van der Waals surface area contributed by atoms with Gasteiger partial charge in [0.25, 0.3) is 0 Å². The van der Waals surface area contributed by atoms with Crippen molar-refractivity contribution in [2.45, 2.75) is 58.2 Å². The zero-order valence-corrected chi connectivity index (χ0v) is 12.9. The van der Waals surface area contributed by atoms with Crippen molar-refractivity contribution in [3.05, 3.63) is 29.6 Å². The monoisotopic (exact) mass is 273 g/mol. The number of rotatable bonds is 3. The van der Waals surface area contributed by atoms with Crippen LogP contribution in [0.3, 0.4) is 0 Å². The van der Waals surface area contributed by atoms with Gasteiger partial charge < -0.3 is 0 Å². The van der Waals surface area contributed by atoms with Gasteiger partial charge in [0.1, 0.15) is 0 Å². The van der Waals surface area contributed by atoms with Gasteiger partial charge in [-0.1, -0.05) is 13.3 Å². The fourth-order valence-corrected chi connectivity index (χ4v) is 3.78.